The topological polar surface area (TPSA) is 26.3 Å². The Labute approximate surface area is 97.6 Å². The SMILES string of the molecule is CCc1ccc(C(=O)OC(C)(C)CC)cc1. The van der Waals surface area contributed by atoms with Gasteiger partial charge in [0.2, 0.25) is 0 Å². The molecular formula is C14H20O2. The molecule has 1 aromatic rings. The lowest BCUT2D eigenvalue weighted by Crippen LogP contribution is -2.27. The molecule has 0 fully saturated rings. The predicted molar refractivity (Wildman–Crippen MR) is 65.6 cm³/mol. The van der Waals surface area contributed by atoms with E-state index in [2.05, 4.69) is 6.92 Å². The molecule has 0 aromatic heterocycles. The van der Waals surface area contributed by atoms with Crippen molar-refractivity contribution >= 4 is 5.97 Å². The van der Waals surface area contributed by atoms with Crippen LogP contribution >= 0.6 is 0 Å². The van der Waals surface area contributed by atoms with Gasteiger partial charge in [0.05, 0.1) is 5.56 Å². The zero-order valence-electron chi connectivity index (χ0n) is 10.5. The molecule has 88 valence electrons. The minimum absolute atomic E-state index is 0.241. The first-order chi connectivity index (χ1) is 7.48. The molecule has 0 unspecified atom stereocenters. The molecule has 0 aliphatic heterocycles. The Balaban J connectivity index is 2.73. The van der Waals surface area contributed by atoms with Gasteiger partial charge in [-0.2, -0.15) is 0 Å². The van der Waals surface area contributed by atoms with Crippen LogP contribution in [0, 0.1) is 0 Å². The van der Waals surface area contributed by atoms with Gasteiger partial charge < -0.3 is 4.74 Å². The molecule has 0 saturated carbocycles. The van der Waals surface area contributed by atoms with Gasteiger partial charge in [0.15, 0.2) is 0 Å². The third-order valence-corrected chi connectivity index (χ3v) is 2.82. The van der Waals surface area contributed by atoms with Crippen molar-refractivity contribution < 1.29 is 9.53 Å². The van der Waals surface area contributed by atoms with Crippen LogP contribution in [-0.4, -0.2) is 11.6 Å². The van der Waals surface area contributed by atoms with Crippen molar-refractivity contribution in [1.29, 1.82) is 0 Å². The van der Waals surface area contributed by atoms with Crippen molar-refractivity contribution in [1.82, 2.24) is 0 Å². The van der Waals surface area contributed by atoms with Crippen LogP contribution in [0.15, 0.2) is 24.3 Å². The van der Waals surface area contributed by atoms with E-state index in [1.807, 2.05) is 45.0 Å². The van der Waals surface area contributed by atoms with Crippen LogP contribution in [0.5, 0.6) is 0 Å². The highest BCUT2D eigenvalue weighted by Crippen LogP contribution is 2.16. The molecule has 1 aromatic carbocycles. The zero-order valence-corrected chi connectivity index (χ0v) is 10.5. The lowest BCUT2D eigenvalue weighted by molar-refractivity contribution is -0.00243. The van der Waals surface area contributed by atoms with E-state index in [0.29, 0.717) is 5.56 Å². The van der Waals surface area contributed by atoms with Crippen LogP contribution in [0.25, 0.3) is 0 Å². The van der Waals surface area contributed by atoms with Crippen LogP contribution in [-0.2, 0) is 11.2 Å². The van der Waals surface area contributed by atoms with Crippen LogP contribution in [0.4, 0.5) is 0 Å². The minimum atomic E-state index is -0.388. The molecule has 1 rings (SSSR count). The van der Waals surface area contributed by atoms with Crippen LogP contribution in [0.2, 0.25) is 0 Å². The van der Waals surface area contributed by atoms with Crippen LogP contribution < -0.4 is 0 Å². The minimum Gasteiger partial charge on any atom is -0.456 e. The molecule has 16 heavy (non-hydrogen) atoms. The van der Waals surface area contributed by atoms with E-state index >= 15 is 0 Å². The van der Waals surface area contributed by atoms with Crippen LogP contribution in [0.3, 0.4) is 0 Å². The molecule has 0 aliphatic carbocycles. The molecule has 0 bridgehead atoms. The second-order valence-electron chi connectivity index (χ2n) is 4.55. The number of hydrogen-bond acceptors (Lipinski definition) is 2. The highest BCUT2D eigenvalue weighted by molar-refractivity contribution is 5.89. The van der Waals surface area contributed by atoms with Crippen molar-refractivity contribution in [3.8, 4) is 0 Å². The molecule has 2 heteroatoms. The van der Waals surface area contributed by atoms with Crippen molar-refractivity contribution in [2.24, 2.45) is 0 Å². The summed E-state index contributed by atoms with van der Waals surface area (Å²) >= 11 is 0. The number of benzene rings is 1. The fraction of sp³-hybridized carbons (Fsp3) is 0.500. The molecule has 0 spiro atoms. The highest BCUT2D eigenvalue weighted by Gasteiger charge is 2.21. The summed E-state index contributed by atoms with van der Waals surface area (Å²) in [4.78, 5) is 11.8. The number of rotatable bonds is 4. The highest BCUT2D eigenvalue weighted by atomic mass is 16.6. The summed E-state index contributed by atoms with van der Waals surface area (Å²) in [6.45, 7) is 7.94. The summed E-state index contributed by atoms with van der Waals surface area (Å²) in [6.07, 6.45) is 1.79. The van der Waals surface area contributed by atoms with E-state index in [-0.39, 0.29) is 11.6 Å². The Morgan fingerprint density at radius 1 is 1.19 bits per heavy atom. The van der Waals surface area contributed by atoms with Gasteiger partial charge >= 0.3 is 5.97 Å². The standard InChI is InChI=1S/C14H20O2/c1-5-11-7-9-12(10-8-11)13(15)16-14(3,4)6-2/h7-10H,5-6H2,1-4H3. The fourth-order valence-electron chi connectivity index (χ4n) is 1.26. The summed E-state index contributed by atoms with van der Waals surface area (Å²) in [5.74, 6) is -0.241. The number of carbonyl (C=O) groups excluding carboxylic acids is 1. The van der Waals surface area contributed by atoms with E-state index < -0.39 is 0 Å². The summed E-state index contributed by atoms with van der Waals surface area (Å²) < 4.78 is 5.41. The fourth-order valence-corrected chi connectivity index (χ4v) is 1.26. The first-order valence-electron chi connectivity index (χ1n) is 5.81. The first-order valence-corrected chi connectivity index (χ1v) is 5.81. The Hall–Kier alpha value is -1.31. The summed E-state index contributed by atoms with van der Waals surface area (Å²) in [5.41, 5.74) is 1.46. The number of esters is 1. The Morgan fingerprint density at radius 2 is 1.75 bits per heavy atom. The van der Waals surface area contributed by atoms with Crippen molar-refractivity contribution in [3.63, 3.8) is 0 Å². The van der Waals surface area contributed by atoms with Gasteiger partial charge in [-0.15, -0.1) is 0 Å². The molecule has 0 radical (unpaired) electrons. The third kappa shape index (κ3) is 3.37. The molecule has 0 saturated heterocycles. The molecule has 0 N–H and O–H groups in total. The van der Waals surface area contributed by atoms with E-state index in [0.717, 1.165) is 12.8 Å². The lowest BCUT2D eigenvalue weighted by atomic mass is 10.1. The number of carbonyl (C=O) groups is 1. The van der Waals surface area contributed by atoms with Crippen molar-refractivity contribution in [2.75, 3.05) is 0 Å². The monoisotopic (exact) mass is 220 g/mol. The van der Waals surface area contributed by atoms with Gasteiger partial charge in [-0.25, -0.2) is 4.79 Å². The number of ether oxygens (including phenoxy) is 1. The Morgan fingerprint density at radius 3 is 2.19 bits per heavy atom. The maximum absolute atomic E-state index is 11.8. The second kappa shape index (κ2) is 5.15. The molecule has 0 heterocycles. The van der Waals surface area contributed by atoms with Crippen molar-refractivity contribution in [3.05, 3.63) is 35.4 Å². The molecule has 0 aliphatic rings. The van der Waals surface area contributed by atoms with E-state index in [4.69, 9.17) is 4.74 Å². The van der Waals surface area contributed by atoms with E-state index in [1.54, 1.807) is 0 Å². The smallest absolute Gasteiger partial charge is 0.338 e. The number of aryl methyl sites for hydroxylation is 1. The molecular weight excluding hydrogens is 200 g/mol. The maximum atomic E-state index is 11.8. The lowest BCUT2D eigenvalue weighted by Gasteiger charge is -2.23. The van der Waals surface area contributed by atoms with Gasteiger partial charge in [0, 0.05) is 0 Å². The predicted octanol–water partition coefficient (Wildman–Crippen LogP) is 3.59. The molecule has 0 amide bonds. The largest absolute Gasteiger partial charge is 0.456 e. The quantitative estimate of drug-likeness (QED) is 0.725. The molecule has 2 nitrogen and oxygen atoms in total. The Bertz CT molecular complexity index is 350. The average Bonchev–Trinajstić information content (AvgIpc) is 2.28. The van der Waals surface area contributed by atoms with Crippen LogP contribution in [0.1, 0.15) is 50.0 Å². The Kier molecular flexibility index (Phi) is 4.11. The van der Waals surface area contributed by atoms with E-state index in [1.165, 1.54) is 5.56 Å². The van der Waals surface area contributed by atoms with E-state index in [9.17, 15) is 4.79 Å². The maximum Gasteiger partial charge on any atom is 0.338 e. The van der Waals surface area contributed by atoms with Crippen molar-refractivity contribution in [2.45, 2.75) is 46.1 Å². The second-order valence-corrected chi connectivity index (χ2v) is 4.55. The number of hydrogen-bond donors (Lipinski definition) is 0. The zero-order chi connectivity index (χ0) is 12.2. The van der Waals surface area contributed by atoms with Gasteiger partial charge in [0.25, 0.3) is 0 Å². The third-order valence-electron chi connectivity index (χ3n) is 2.82. The summed E-state index contributed by atoms with van der Waals surface area (Å²) in [5, 5.41) is 0. The van der Waals surface area contributed by atoms with Gasteiger partial charge in [-0.3, -0.25) is 0 Å². The van der Waals surface area contributed by atoms with Gasteiger partial charge in [-0.1, -0.05) is 26.0 Å². The van der Waals surface area contributed by atoms with Gasteiger partial charge in [0.1, 0.15) is 5.60 Å². The normalized spacial score (nSPS) is 11.2. The molecule has 0 atom stereocenters. The summed E-state index contributed by atoms with van der Waals surface area (Å²) in [6, 6.07) is 7.59. The average molecular weight is 220 g/mol. The first kappa shape index (κ1) is 12.8. The van der Waals surface area contributed by atoms with Gasteiger partial charge in [-0.05, 0) is 44.4 Å². The summed E-state index contributed by atoms with van der Waals surface area (Å²) in [7, 11) is 0.